The van der Waals surface area contributed by atoms with Crippen LogP contribution in [0.3, 0.4) is 0 Å². The lowest BCUT2D eigenvalue weighted by molar-refractivity contribution is -0.140. The number of carbonyl (C=O) groups excluding carboxylic acids is 3. The van der Waals surface area contributed by atoms with Gasteiger partial charge in [0, 0.05) is 61.6 Å². The number of hydrogen-bond acceptors (Lipinski definition) is 8. The van der Waals surface area contributed by atoms with E-state index in [-0.39, 0.29) is 35.9 Å². The standard InChI is InChI=1S/C44H60N8O4/c1-28(2)51-27-45-36-25-35(47-39(38(36)51)46-31-12-13-31)29-11-14-34-37(22-29)52(33-23-32(24-33)48-17-7-6-8-18-48)41(54)44(34)15-20-49(21-16-44)40(53)30-10-9-19-50(26-30)42(55)56-43(3,4)5/h11,14,22,25,27-28,30-33H,6-10,12-13,15-21,23-24,26H2,1-5H3,(H,46,47)/t30-,32?,33?/m1/s1. The minimum atomic E-state index is -0.665. The number of rotatable bonds is 7. The van der Waals surface area contributed by atoms with E-state index in [0.29, 0.717) is 51.1 Å². The normalized spacial score (nSPS) is 25.5. The van der Waals surface area contributed by atoms with Crippen LogP contribution in [0.5, 0.6) is 0 Å². The summed E-state index contributed by atoms with van der Waals surface area (Å²) in [6.45, 7) is 14.3. The molecule has 9 rings (SSSR count). The summed E-state index contributed by atoms with van der Waals surface area (Å²) in [4.78, 5) is 60.5. The van der Waals surface area contributed by atoms with E-state index in [9.17, 15) is 9.59 Å². The van der Waals surface area contributed by atoms with Crippen molar-refractivity contribution in [2.45, 2.75) is 140 Å². The number of hydrogen-bond donors (Lipinski definition) is 1. The highest BCUT2D eigenvalue weighted by Crippen LogP contribution is 2.52. The number of anilines is 2. The Balaban J connectivity index is 0.993. The van der Waals surface area contributed by atoms with Crippen molar-refractivity contribution in [1.82, 2.24) is 29.2 Å². The van der Waals surface area contributed by atoms with E-state index in [1.54, 1.807) is 4.90 Å². The Labute approximate surface area is 331 Å². The van der Waals surface area contributed by atoms with E-state index in [0.717, 1.165) is 91.0 Å². The first kappa shape index (κ1) is 37.4. The molecule has 1 aromatic carbocycles. The van der Waals surface area contributed by atoms with Gasteiger partial charge in [-0.05, 0) is 130 Å². The molecule has 2 saturated carbocycles. The van der Waals surface area contributed by atoms with E-state index in [2.05, 4.69) is 57.8 Å². The summed E-state index contributed by atoms with van der Waals surface area (Å²) in [5.41, 5.74) is 4.67. The van der Waals surface area contributed by atoms with Crippen LogP contribution in [0, 0.1) is 5.92 Å². The molecule has 4 aliphatic heterocycles. The third-order valence-electron chi connectivity index (χ3n) is 13.4. The van der Waals surface area contributed by atoms with Crippen LogP contribution < -0.4 is 10.2 Å². The second-order valence-electron chi connectivity index (χ2n) is 18.8. The molecule has 12 nitrogen and oxygen atoms in total. The van der Waals surface area contributed by atoms with Crippen molar-refractivity contribution in [3.05, 3.63) is 36.2 Å². The second kappa shape index (κ2) is 14.3. The summed E-state index contributed by atoms with van der Waals surface area (Å²) in [6, 6.07) is 10.0. The average Bonchev–Trinajstić information content (AvgIpc) is 3.83. The van der Waals surface area contributed by atoms with Gasteiger partial charge in [0.15, 0.2) is 5.82 Å². The molecule has 5 fully saturated rings. The molecule has 3 aromatic rings. The van der Waals surface area contributed by atoms with Crippen molar-refractivity contribution in [2.24, 2.45) is 5.92 Å². The summed E-state index contributed by atoms with van der Waals surface area (Å²) in [5, 5.41) is 3.69. The van der Waals surface area contributed by atoms with Gasteiger partial charge in [0.1, 0.15) is 11.1 Å². The van der Waals surface area contributed by atoms with Crippen molar-refractivity contribution < 1.29 is 19.1 Å². The van der Waals surface area contributed by atoms with Crippen LogP contribution in [0.2, 0.25) is 0 Å². The first-order valence-corrected chi connectivity index (χ1v) is 21.5. The van der Waals surface area contributed by atoms with Crippen LogP contribution in [0.15, 0.2) is 30.6 Å². The molecular weight excluding hydrogens is 705 g/mol. The molecule has 2 aromatic heterocycles. The van der Waals surface area contributed by atoms with Gasteiger partial charge in [-0.2, -0.15) is 0 Å². The summed E-state index contributed by atoms with van der Waals surface area (Å²) in [7, 11) is 0. The zero-order chi connectivity index (χ0) is 38.9. The Morgan fingerprint density at radius 3 is 2.36 bits per heavy atom. The lowest BCUT2D eigenvalue weighted by atomic mass is 9.73. The number of amides is 3. The minimum absolute atomic E-state index is 0.0892. The topological polar surface area (TPSA) is 116 Å². The van der Waals surface area contributed by atoms with Gasteiger partial charge in [0.2, 0.25) is 11.8 Å². The molecule has 1 N–H and O–H groups in total. The van der Waals surface area contributed by atoms with Crippen LogP contribution >= 0.6 is 0 Å². The molecule has 1 atom stereocenters. The highest BCUT2D eigenvalue weighted by atomic mass is 16.6. The maximum Gasteiger partial charge on any atom is 0.410 e. The molecule has 0 bridgehead atoms. The summed E-state index contributed by atoms with van der Waals surface area (Å²) < 4.78 is 7.83. The first-order chi connectivity index (χ1) is 26.9. The Bertz CT molecular complexity index is 1990. The van der Waals surface area contributed by atoms with E-state index in [4.69, 9.17) is 14.7 Å². The average molecular weight is 765 g/mol. The van der Waals surface area contributed by atoms with Gasteiger partial charge in [0.25, 0.3) is 0 Å². The van der Waals surface area contributed by atoms with Gasteiger partial charge in [0.05, 0.1) is 28.9 Å². The number of benzene rings is 1. The first-order valence-electron chi connectivity index (χ1n) is 21.5. The number of aromatic nitrogens is 3. The predicted octanol–water partition coefficient (Wildman–Crippen LogP) is 7.12. The number of likely N-dealkylation sites (tertiary alicyclic amines) is 3. The van der Waals surface area contributed by atoms with E-state index >= 15 is 4.79 Å². The largest absolute Gasteiger partial charge is 0.444 e. The fourth-order valence-corrected chi connectivity index (χ4v) is 10.1. The van der Waals surface area contributed by atoms with Gasteiger partial charge in [-0.1, -0.05) is 18.6 Å². The molecule has 3 amide bonds. The highest BCUT2D eigenvalue weighted by Gasteiger charge is 2.56. The molecule has 56 heavy (non-hydrogen) atoms. The number of ether oxygens (including phenoxy) is 1. The molecule has 0 unspecified atom stereocenters. The molecule has 3 saturated heterocycles. The van der Waals surface area contributed by atoms with Crippen LogP contribution in [0.1, 0.15) is 117 Å². The maximum absolute atomic E-state index is 15.1. The highest BCUT2D eigenvalue weighted by molar-refractivity contribution is 6.09. The quantitative estimate of drug-likeness (QED) is 0.271. The zero-order valence-electron chi connectivity index (χ0n) is 34.1. The Kier molecular flexibility index (Phi) is 9.56. The molecule has 0 radical (unpaired) electrons. The molecule has 1 spiro atoms. The summed E-state index contributed by atoms with van der Waals surface area (Å²) in [5.74, 6) is 0.909. The van der Waals surface area contributed by atoms with Gasteiger partial charge in [-0.3, -0.25) is 9.59 Å². The number of nitrogens with zero attached hydrogens (tertiary/aromatic N) is 7. The Morgan fingerprint density at radius 2 is 1.66 bits per heavy atom. The van der Waals surface area contributed by atoms with Crippen LogP contribution in [0.25, 0.3) is 22.3 Å². The van der Waals surface area contributed by atoms with Gasteiger partial charge in [-0.15, -0.1) is 0 Å². The fourth-order valence-electron chi connectivity index (χ4n) is 10.1. The zero-order valence-corrected chi connectivity index (χ0v) is 34.1. The summed E-state index contributed by atoms with van der Waals surface area (Å²) >= 11 is 0. The lowest BCUT2D eigenvalue weighted by Gasteiger charge is -2.48. The monoisotopic (exact) mass is 764 g/mol. The van der Waals surface area contributed by atoms with Crippen molar-refractivity contribution in [2.75, 3.05) is 49.5 Å². The van der Waals surface area contributed by atoms with E-state index < -0.39 is 11.0 Å². The van der Waals surface area contributed by atoms with Gasteiger partial charge in [-0.25, -0.2) is 14.8 Å². The van der Waals surface area contributed by atoms with Gasteiger partial charge < -0.3 is 34.2 Å². The number of imidazole rings is 1. The van der Waals surface area contributed by atoms with Crippen LogP contribution in [-0.2, 0) is 19.7 Å². The molecular formula is C44H60N8O4. The number of piperidine rings is 3. The van der Waals surface area contributed by atoms with E-state index in [1.165, 1.54) is 19.3 Å². The molecule has 6 heterocycles. The van der Waals surface area contributed by atoms with Crippen molar-refractivity contribution in [3.8, 4) is 11.3 Å². The predicted molar refractivity (Wildman–Crippen MR) is 218 cm³/mol. The molecule has 12 heteroatoms. The SMILES string of the molecule is CC(C)n1cnc2cc(-c3ccc4c(c3)N(C3CC(N5CCCCC5)C3)C(=O)C43CCN(C(=O)[C@@H]4CCCN(C(=O)OC(C)(C)C)C4)CC3)nc(NC3CC3)c21. The summed E-state index contributed by atoms with van der Waals surface area (Å²) in [6.07, 6.45) is 12.4. The maximum atomic E-state index is 15.1. The number of pyridine rings is 1. The van der Waals surface area contributed by atoms with Crippen molar-refractivity contribution in [3.63, 3.8) is 0 Å². The van der Waals surface area contributed by atoms with E-state index in [1.807, 2.05) is 32.0 Å². The molecule has 2 aliphatic carbocycles. The number of fused-ring (bicyclic) bond motifs is 3. The van der Waals surface area contributed by atoms with Crippen LogP contribution in [-0.4, -0.2) is 110 Å². The van der Waals surface area contributed by atoms with Crippen LogP contribution in [0.4, 0.5) is 16.3 Å². The molecule has 300 valence electrons. The minimum Gasteiger partial charge on any atom is -0.444 e. The fraction of sp³-hybridized carbons (Fsp3) is 0.659. The number of nitrogens with one attached hydrogen (secondary N) is 1. The van der Waals surface area contributed by atoms with Gasteiger partial charge >= 0.3 is 6.09 Å². The smallest absolute Gasteiger partial charge is 0.410 e. The molecule has 6 aliphatic rings. The van der Waals surface area contributed by atoms with Crippen molar-refractivity contribution >= 4 is 40.4 Å². The Morgan fingerprint density at radius 1 is 0.911 bits per heavy atom. The third-order valence-corrected chi connectivity index (χ3v) is 13.4. The lowest BCUT2D eigenvalue weighted by Crippen LogP contribution is -2.58. The number of carbonyl (C=O) groups is 3. The Hall–Kier alpha value is -4.19. The second-order valence-corrected chi connectivity index (χ2v) is 18.8. The van der Waals surface area contributed by atoms with Crippen molar-refractivity contribution in [1.29, 1.82) is 0 Å². The third kappa shape index (κ3) is 6.83.